The highest BCUT2D eigenvalue weighted by Gasteiger charge is 2.36. The number of rotatable bonds is 4. The number of ether oxygens (including phenoxy) is 3. The molecule has 2 aromatic carbocycles. The smallest absolute Gasteiger partial charge is 0.338 e. The van der Waals surface area contributed by atoms with Gasteiger partial charge in [0.15, 0.2) is 23.4 Å². The highest BCUT2D eigenvalue weighted by atomic mass is 16.7. The molecule has 9 nitrogen and oxygen atoms in total. The van der Waals surface area contributed by atoms with Crippen LogP contribution in [-0.2, 0) is 15.9 Å². The lowest BCUT2D eigenvalue weighted by molar-refractivity contribution is -0.152. The molecule has 0 bridgehead atoms. The number of phenolic OH excluding ortho intramolecular Hbond substituents is 5. The monoisotopic (exact) mass is 378 g/mol. The Kier molecular flexibility index (Phi) is 4.87. The van der Waals surface area contributed by atoms with Crippen molar-refractivity contribution in [2.45, 2.75) is 25.7 Å². The van der Waals surface area contributed by atoms with Gasteiger partial charge in [-0.15, -0.1) is 0 Å². The third-order valence-corrected chi connectivity index (χ3v) is 4.02. The Hall–Kier alpha value is -3.33. The molecule has 0 aliphatic carbocycles. The minimum Gasteiger partial charge on any atom is -0.508 e. The lowest BCUT2D eigenvalue weighted by atomic mass is 10.0. The van der Waals surface area contributed by atoms with Gasteiger partial charge in [-0.25, -0.2) is 4.79 Å². The zero-order valence-corrected chi connectivity index (χ0v) is 14.2. The molecule has 9 heteroatoms. The fourth-order valence-corrected chi connectivity index (χ4v) is 2.76. The fourth-order valence-electron chi connectivity index (χ4n) is 2.76. The molecule has 0 radical (unpaired) electrons. The summed E-state index contributed by atoms with van der Waals surface area (Å²) in [5.74, 6) is -3.21. The number of fused-ring (bicyclic) bond motifs is 1. The molecule has 1 aliphatic heterocycles. The topological polar surface area (TPSA) is 146 Å². The van der Waals surface area contributed by atoms with E-state index in [4.69, 9.17) is 14.2 Å². The van der Waals surface area contributed by atoms with Crippen LogP contribution in [0.25, 0.3) is 0 Å². The summed E-state index contributed by atoms with van der Waals surface area (Å²) >= 11 is 0. The number of carbonyl (C=O) groups is 1. The Bertz CT molecular complexity index is 854. The molecular weight excluding hydrogens is 360 g/mol. The number of phenols is 5. The summed E-state index contributed by atoms with van der Waals surface area (Å²) in [7, 11) is 0. The van der Waals surface area contributed by atoms with Gasteiger partial charge in [-0.3, -0.25) is 0 Å². The van der Waals surface area contributed by atoms with Crippen molar-refractivity contribution in [1.29, 1.82) is 0 Å². The van der Waals surface area contributed by atoms with Gasteiger partial charge in [0.2, 0.25) is 6.29 Å². The van der Waals surface area contributed by atoms with E-state index in [2.05, 4.69) is 0 Å². The molecule has 0 saturated heterocycles. The van der Waals surface area contributed by atoms with Crippen molar-refractivity contribution in [2.75, 3.05) is 6.61 Å². The predicted molar refractivity (Wildman–Crippen MR) is 90.2 cm³/mol. The molecule has 1 aliphatic rings. The summed E-state index contributed by atoms with van der Waals surface area (Å²) in [6, 6.07) is 4.34. The molecular formula is C18H18O9. The van der Waals surface area contributed by atoms with Gasteiger partial charge in [-0.1, -0.05) is 0 Å². The molecule has 5 N–H and O–H groups in total. The number of esters is 1. The molecule has 1 heterocycles. The molecule has 0 spiro atoms. The molecule has 0 aromatic heterocycles. The second-order valence-electron chi connectivity index (χ2n) is 5.89. The number of hydrogen-bond acceptors (Lipinski definition) is 9. The highest BCUT2D eigenvalue weighted by Crippen LogP contribution is 2.39. The molecule has 27 heavy (non-hydrogen) atoms. The average molecular weight is 378 g/mol. The van der Waals surface area contributed by atoms with Crippen molar-refractivity contribution < 1.29 is 44.5 Å². The van der Waals surface area contributed by atoms with Crippen LogP contribution < -0.4 is 4.74 Å². The van der Waals surface area contributed by atoms with Crippen molar-refractivity contribution in [1.82, 2.24) is 0 Å². The van der Waals surface area contributed by atoms with Crippen LogP contribution in [0, 0.1) is 0 Å². The van der Waals surface area contributed by atoms with E-state index in [0.717, 1.165) is 18.2 Å². The van der Waals surface area contributed by atoms with Crippen LogP contribution in [0.4, 0.5) is 0 Å². The first-order chi connectivity index (χ1) is 12.8. The normalized spacial score (nSPS) is 18.4. The van der Waals surface area contributed by atoms with Crippen LogP contribution in [0.2, 0.25) is 0 Å². The fraction of sp³-hybridized carbons (Fsp3) is 0.278. The maximum atomic E-state index is 12.4. The summed E-state index contributed by atoms with van der Waals surface area (Å²) in [5.41, 5.74) is 0.136. The van der Waals surface area contributed by atoms with Gasteiger partial charge in [0.25, 0.3) is 0 Å². The van der Waals surface area contributed by atoms with E-state index in [1.165, 1.54) is 6.07 Å². The zero-order chi connectivity index (χ0) is 19.7. The molecule has 2 aromatic rings. The maximum absolute atomic E-state index is 12.4. The second-order valence-corrected chi connectivity index (χ2v) is 5.89. The van der Waals surface area contributed by atoms with Crippen molar-refractivity contribution in [3.05, 3.63) is 35.4 Å². The first-order valence-corrected chi connectivity index (χ1v) is 8.09. The molecule has 0 fully saturated rings. The SMILES string of the molecule is CCOC1Oc2cc(O)cc(O)c2C[C@H]1OC(=O)c1cc(O)c(O)c(O)c1. The quantitative estimate of drug-likeness (QED) is 0.396. The second kappa shape index (κ2) is 7.12. The van der Waals surface area contributed by atoms with Gasteiger partial charge in [0.1, 0.15) is 17.2 Å². The Morgan fingerprint density at radius 3 is 2.37 bits per heavy atom. The van der Waals surface area contributed by atoms with E-state index in [0.29, 0.717) is 5.56 Å². The van der Waals surface area contributed by atoms with Crippen molar-refractivity contribution in [2.24, 2.45) is 0 Å². The van der Waals surface area contributed by atoms with E-state index >= 15 is 0 Å². The summed E-state index contributed by atoms with van der Waals surface area (Å²) < 4.78 is 16.4. The van der Waals surface area contributed by atoms with Crippen LogP contribution >= 0.6 is 0 Å². The first kappa shape index (κ1) is 18.5. The van der Waals surface area contributed by atoms with E-state index in [1.807, 2.05) is 0 Å². The first-order valence-electron chi connectivity index (χ1n) is 8.09. The molecule has 3 rings (SSSR count). The van der Waals surface area contributed by atoms with Crippen LogP contribution in [0.1, 0.15) is 22.8 Å². The Labute approximate surface area is 153 Å². The zero-order valence-electron chi connectivity index (χ0n) is 14.2. The van der Waals surface area contributed by atoms with Gasteiger partial charge in [0, 0.05) is 30.7 Å². The lowest BCUT2D eigenvalue weighted by Gasteiger charge is -2.33. The van der Waals surface area contributed by atoms with E-state index in [9.17, 15) is 30.3 Å². The minimum absolute atomic E-state index is 0.0495. The molecule has 0 saturated carbocycles. The van der Waals surface area contributed by atoms with Gasteiger partial charge < -0.3 is 39.7 Å². The maximum Gasteiger partial charge on any atom is 0.338 e. The third kappa shape index (κ3) is 3.63. The van der Waals surface area contributed by atoms with Crippen LogP contribution in [0.3, 0.4) is 0 Å². The van der Waals surface area contributed by atoms with Gasteiger partial charge in [-0.2, -0.15) is 0 Å². The van der Waals surface area contributed by atoms with Crippen molar-refractivity contribution >= 4 is 5.97 Å². The van der Waals surface area contributed by atoms with Crippen molar-refractivity contribution in [3.8, 4) is 34.5 Å². The van der Waals surface area contributed by atoms with E-state index in [-0.39, 0.29) is 35.8 Å². The lowest BCUT2D eigenvalue weighted by Crippen LogP contribution is -2.42. The molecule has 2 atom stereocenters. The van der Waals surface area contributed by atoms with E-state index < -0.39 is 35.6 Å². The standard InChI is InChI=1S/C18H18O9/c1-2-25-18-15(7-10-11(20)5-9(19)6-14(10)27-18)26-17(24)8-3-12(21)16(23)13(22)4-8/h3-6,15,18-23H,2,7H2,1H3/t15-,18?/m1/s1. The van der Waals surface area contributed by atoms with Gasteiger partial charge >= 0.3 is 5.97 Å². The molecule has 0 amide bonds. The number of benzene rings is 2. The number of carbonyl (C=O) groups excluding carboxylic acids is 1. The van der Waals surface area contributed by atoms with Crippen LogP contribution in [0.15, 0.2) is 24.3 Å². The molecule has 1 unspecified atom stereocenters. The highest BCUT2D eigenvalue weighted by molar-refractivity contribution is 5.91. The summed E-state index contributed by atoms with van der Waals surface area (Å²) in [4.78, 5) is 12.4. The predicted octanol–water partition coefficient (Wildman–Crippen LogP) is 1.74. The van der Waals surface area contributed by atoms with Gasteiger partial charge in [-0.05, 0) is 19.1 Å². The van der Waals surface area contributed by atoms with Crippen LogP contribution in [0.5, 0.6) is 34.5 Å². The molecule has 144 valence electrons. The Morgan fingerprint density at radius 2 is 1.74 bits per heavy atom. The minimum atomic E-state index is -0.994. The van der Waals surface area contributed by atoms with E-state index in [1.54, 1.807) is 6.92 Å². The summed E-state index contributed by atoms with van der Waals surface area (Å²) in [6.07, 6.45) is -1.89. The van der Waals surface area contributed by atoms with Crippen molar-refractivity contribution in [3.63, 3.8) is 0 Å². The number of hydrogen-bond donors (Lipinski definition) is 5. The summed E-state index contributed by atoms with van der Waals surface area (Å²) in [5, 5.41) is 48.0. The average Bonchev–Trinajstić information content (AvgIpc) is 2.60. The number of aromatic hydroxyl groups is 5. The van der Waals surface area contributed by atoms with Gasteiger partial charge in [0.05, 0.1) is 5.56 Å². The Morgan fingerprint density at radius 1 is 1.07 bits per heavy atom. The summed E-state index contributed by atoms with van der Waals surface area (Å²) in [6.45, 7) is 1.97. The van der Waals surface area contributed by atoms with Crippen LogP contribution in [-0.4, -0.2) is 50.5 Å². The largest absolute Gasteiger partial charge is 0.508 e. The Balaban J connectivity index is 1.86. The third-order valence-electron chi connectivity index (χ3n) is 4.02.